The van der Waals surface area contributed by atoms with Crippen LogP contribution in [0.3, 0.4) is 0 Å². The van der Waals surface area contributed by atoms with Crippen molar-refractivity contribution in [3.63, 3.8) is 0 Å². The lowest BCUT2D eigenvalue weighted by atomic mass is 9.66. The lowest BCUT2D eigenvalue weighted by molar-refractivity contribution is 0.0521. The quantitative estimate of drug-likeness (QED) is 0.626. The molecule has 90 valence electrons. The highest BCUT2D eigenvalue weighted by atomic mass is 16.5. The van der Waals surface area contributed by atoms with Crippen molar-refractivity contribution in [2.45, 2.75) is 58.9 Å². The van der Waals surface area contributed by atoms with Crippen LogP contribution in [0.1, 0.15) is 52.9 Å². The van der Waals surface area contributed by atoms with Crippen LogP contribution >= 0.6 is 0 Å². The summed E-state index contributed by atoms with van der Waals surface area (Å²) in [7, 11) is 0. The highest BCUT2D eigenvalue weighted by Gasteiger charge is 2.36. The van der Waals surface area contributed by atoms with Crippen molar-refractivity contribution >= 4 is 0 Å². The summed E-state index contributed by atoms with van der Waals surface area (Å²) in [6.07, 6.45) is 6.66. The van der Waals surface area contributed by atoms with Gasteiger partial charge in [0.2, 0.25) is 0 Å². The van der Waals surface area contributed by atoms with Gasteiger partial charge in [0.05, 0.1) is 0 Å². The van der Waals surface area contributed by atoms with E-state index in [4.69, 9.17) is 4.74 Å². The van der Waals surface area contributed by atoms with E-state index in [1.54, 1.807) is 0 Å². The first-order valence-electron chi connectivity index (χ1n) is 6.53. The summed E-state index contributed by atoms with van der Waals surface area (Å²) in [5, 5.41) is 3.65. The fourth-order valence-electron chi connectivity index (χ4n) is 2.16. The summed E-state index contributed by atoms with van der Waals surface area (Å²) in [6, 6.07) is 0.662. The Bertz CT molecular complexity index is 166. The Morgan fingerprint density at radius 3 is 2.53 bits per heavy atom. The van der Waals surface area contributed by atoms with Crippen molar-refractivity contribution in [2.24, 2.45) is 5.41 Å². The normalized spacial score (nSPS) is 21.0. The molecule has 0 amide bonds. The molecule has 1 unspecified atom stereocenters. The van der Waals surface area contributed by atoms with Crippen LogP contribution in [-0.4, -0.2) is 25.8 Å². The number of hydrogen-bond donors (Lipinski definition) is 1. The van der Waals surface area contributed by atoms with Gasteiger partial charge in [-0.25, -0.2) is 0 Å². The fourth-order valence-corrected chi connectivity index (χ4v) is 2.16. The summed E-state index contributed by atoms with van der Waals surface area (Å²) >= 11 is 0. The molecule has 1 fully saturated rings. The minimum Gasteiger partial charge on any atom is -0.382 e. The second-order valence-corrected chi connectivity index (χ2v) is 4.99. The zero-order valence-electron chi connectivity index (χ0n) is 10.6. The third kappa shape index (κ3) is 4.12. The molecule has 1 N–H and O–H groups in total. The van der Waals surface area contributed by atoms with Gasteiger partial charge in [0.15, 0.2) is 0 Å². The molecule has 0 spiro atoms. The Labute approximate surface area is 94.8 Å². The molecule has 1 aliphatic rings. The largest absolute Gasteiger partial charge is 0.382 e. The van der Waals surface area contributed by atoms with Gasteiger partial charge in [0.1, 0.15) is 0 Å². The molecule has 0 bridgehead atoms. The minimum atomic E-state index is 0.568. The van der Waals surface area contributed by atoms with E-state index in [0.717, 1.165) is 13.2 Å². The predicted molar refractivity (Wildman–Crippen MR) is 65.1 cm³/mol. The highest BCUT2D eigenvalue weighted by Crippen LogP contribution is 2.43. The predicted octanol–water partition coefficient (Wildman–Crippen LogP) is 2.97. The van der Waals surface area contributed by atoms with Crippen LogP contribution in [-0.2, 0) is 4.74 Å². The van der Waals surface area contributed by atoms with Crippen LogP contribution < -0.4 is 5.32 Å². The molecule has 2 heteroatoms. The minimum absolute atomic E-state index is 0.568. The van der Waals surface area contributed by atoms with E-state index >= 15 is 0 Å². The standard InChI is InChI=1S/C13H27NO/c1-4-12(3)14-11-13(7-6-8-13)9-10-15-5-2/h12,14H,4-11H2,1-3H3. The van der Waals surface area contributed by atoms with E-state index in [0.29, 0.717) is 11.5 Å². The molecule has 1 saturated carbocycles. The second kappa shape index (κ2) is 6.49. The Kier molecular flexibility index (Phi) is 5.62. The molecule has 0 aromatic rings. The molecule has 0 aromatic heterocycles. The van der Waals surface area contributed by atoms with Gasteiger partial charge in [-0.05, 0) is 44.9 Å². The summed E-state index contributed by atoms with van der Waals surface area (Å²) in [6.45, 7) is 9.58. The lowest BCUT2D eigenvalue weighted by Gasteiger charge is -2.43. The van der Waals surface area contributed by atoms with Crippen molar-refractivity contribution in [3.05, 3.63) is 0 Å². The molecule has 0 heterocycles. The number of rotatable bonds is 8. The maximum atomic E-state index is 5.47. The van der Waals surface area contributed by atoms with Gasteiger partial charge < -0.3 is 10.1 Å². The lowest BCUT2D eigenvalue weighted by Crippen LogP contribution is -2.43. The van der Waals surface area contributed by atoms with Crippen LogP contribution in [0.5, 0.6) is 0 Å². The summed E-state index contributed by atoms with van der Waals surface area (Å²) in [5.41, 5.74) is 0.568. The monoisotopic (exact) mass is 213 g/mol. The molecular weight excluding hydrogens is 186 g/mol. The molecule has 0 saturated heterocycles. The molecule has 15 heavy (non-hydrogen) atoms. The van der Waals surface area contributed by atoms with Crippen LogP contribution in [0.2, 0.25) is 0 Å². The average Bonchev–Trinajstić information content (AvgIpc) is 2.20. The first kappa shape index (κ1) is 13.0. The summed E-state index contributed by atoms with van der Waals surface area (Å²) < 4.78 is 5.47. The van der Waals surface area contributed by atoms with E-state index in [-0.39, 0.29) is 0 Å². The van der Waals surface area contributed by atoms with Gasteiger partial charge in [-0.1, -0.05) is 13.3 Å². The van der Waals surface area contributed by atoms with E-state index in [1.807, 2.05) is 0 Å². The summed E-state index contributed by atoms with van der Waals surface area (Å²) in [4.78, 5) is 0. The summed E-state index contributed by atoms with van der Waals surface area (Å²) in [5.74, 6) is 0. The van der Waals surface area contributed by atoms with E-state index in [1.165, 1.54) is 38.6 Å². The zero-order chi connectivity index (χ0) is 11.1. The maximum absolute atomic E-state index is 5.47. The van der Waals surface area contributed by atoms with E-state index < -0.39 is 0 Å². The van der Waals surface area contributed by atoms with Crippen LogP contribution in [0.4, 0.5) is 0 Å². The van der Waals surface area contributed by atoms with Gasteiger partial charge >= 0.3 is 0 Å². The van der Waals surface area contributed by atoms with Crippen LogP contribution in [0.25, 0.3) is 0 Å². The maximum Gasteiger partial charge on any atom is 0.0471 e. The van der Waals surface area contributed by atoms with Crippen molar-refractivity contribution in [3.8, 4) is 0 Å². The van der Waals surface area contributed by atoms with E-state index in [9.17, 15) is 0 Å². The van der Waals surface area contributed by atoms with Gasteiger partial charge in [-0.3, -0.25) is 0 Å². The molecular formula is C13H27NO. The Balaban J connectivity index is 2.20. The molecule has 1 rings (SSSR count). The van der Waals surface area contributed by atoms with Gasteiger partial charge in [-0.15, -0.1) is 0 Å². The fraction of sp³-hybridized carbons (Fsp3) is 1.00. The number of nitrogens with one attached hydrogen (secondary N) is 1. The highest BCUT2D eigenvalue weighted by molar-refractivity contribution is 4.90. The molecule has 0 radical (unpaired) electrons. The van der Waals surface area contributed by atoms with Gasteiger partial charge in [0, 0.05) is 25.8 Å². The van der Waals surface area contributed by atoms with Gasteiger partial charge in [-0.2, -0.15) is 0 Å². The zero-order valence-corrected chi connectivity index (χ0v) is 10.6. The number of ether oxygens (including phenoxy) is 1. The number of hydrogen-bond acceptors (Lipinski definition) is 2. The average molecular weight is 213 g/mol. The molecule has 2 nitrogen and oxygen atoms in total. The molecule has 1 aliphatic carbocycles. The van der Waals surface area contributed by atoms with Crippen LogP contribution in [0.15, 0.2) is 0 Å². The molecule has 0 aromatic carbocycles. The van der Waals surface area contributed by atoms with Crippen molar-refractivity contribution in [1.82, 2.24) is 5.32 Å². The Hall–Kier alpha value is -0.0800. The molecule has 1 atom stereocenters. The SMILES string of the molecule is CCOCCC1(CNC(C)CC)CCC1. The second-order valence-electron chi connectivity index (χ2n) is 4.99. The third-order valence-electron chi connectivity index (χ3n) is 3.83. The van der Waals surface area contributed by atoms with Gasteiger partial charge in [0.25, 0.3) is 0 Å². The van der Waals surface area contributed by atoms with Crippen molar-refractivity contribution in [1.29, 1.82) is 0 Å². The first-order chi connectivity index (χ1) is 7.22. The smallest absolute Gasteiger partial charge is 0.0471 e. The Morgan fingerprint density at radius 1 is 1.33 bits per heavy atom. The first-order valence-corrected chi connectivity index (χ1v) is 6.53. The molecule has 0 aliphatic heterocycles. The third-order valence-corrected chi connectivity index (χ3v) is 3.83. The van der Waals surface area contributed by atoms with Crippen molar-refractivity contribution in [2.75, 3.05) is 19.8 Å². The van der Waals surface area contributed by atoms with Crippen LogP contribution in [0, 0.1) is 5.41 Å². The topological polar surface area (TPSA) is 21.3 Å². The van der Waals surface area contributed by atoms with E-state index in [2.05, 4.69) is 26.1 Å². The Morgan fingerprint density at radius 2 is 2.07 bits per heavy atom. The van der Waals surface area contributed by atoms with Crippen molar-refractivity contribution < 1.29 is 4.74 Å².